The standard InChI is InChI=1S/C20H33N5O3/c1-15-18(10-21-20(22-15)24-6-4-3-5-7-24)19(28)25-12-16(17(13-25)14-27)11-23(2)8-9-26/h10,16-17,26-27H,3-9,11-14H2,1-2H3/t16-,17-/m1/s1. The lowest BCUT2D eigenvalue weighted by molar-refractivity contribution is 0.0777. The molecule has 2 N–H and O–H groups in total. The molecule has 1 aromatic rings. The number of aryl methyl sites for hydroxylation is 1. The van der Waals surface area contributed by atoms with E-state index in [1.54, 1.807) is 6.20 Å². The maximum absolute atomic E-state index is 13.1. The second-order valence-electron chi connectivity index (χ2n) is 8.12. The number of likely N-dealkylation sites (tertiary alicyclic amines) is 1. The molecule has 156 valence electrons. The summed E-state index contributed by atoms with van der Waals surface area (Å²) in [5.41, 5.74) is 1.25. The van der Waals surface area contributed by atoms with Gasteiger partial charge in [-0.05, 0) is 39.2 Å². The molecule has 2 saturated heterocycles. The highest BCUT2D eigenvalue weighted by Crippen LogP contribution is 2.26. The predicted octanol–water partition coefficient (Wildman–Crippen LogP) is 0.380. The Labute approximate surface area is 167 Å². The number of nitrogens with zero attached hydrogens (tertiary/aromatic N) is 5. The minimum atomic E-state index is -0.0616. The van der Waals surface area contributed by atoms with Gasteiger partial charge in [-0.15, -0.1) is 0 Å². The number of aromatic nitrogens is 2. The average Bonchev–Trinajstić information content (AvgIpc) is 3.11. The van der Waals surface area contributed by atoms with Crippen molar-refractivity contribution in [2.45, 2.75) is 26.2 Å². The smallest absolute Gasteiger partial charge is 0.257 e. The quantitative estimate of drug-likeness (QED) is 0.694. The molecule has 8 heteroatoms. The average molecular weight is 392 g/mol. The number of carbonyl (C=O) groups excluding carboxylic acids is 1. The number of hydrogen-bond donors (Lipinski definition) is 2. The van der Waals surface area contributed by atoms with Crippen LogP contribution >= 0.6 is 0 Å². The Morgan fingerprint density at radius 2 is 1.93 bits per heavy atom. The van der Waals surface area contributed by atoms with Crippen molar-refractivity contribution in [3.63, 3.8) is 0 Å². The Morgan fingerprint density at radius 3 is 2.57 bits per heavy atom. The first kappa shape index (κ1) is 21.0. The van der Waals surface area contributed by atoms with Crippen molar-refractivity contribution in [2.24, 2.45) is 11.8 Å². The fraction of sp³-hybridized carbons (Fsp3) is 0.750. The van der Waals surface area contributed by atoms with Crippen molar-refractivity contribution in [1.29, 1.82) is 0 Å². The van der Waals surface area contributed by atoms with E-state index in [4.69, 9.17) is 5.11 Å². The van der Waals surface area contributed by atoms with Crippen LogP contribution in [0.25, 0.3) is 0 Å². The Hall–Kier alpha value is -1.77. The number of amides is 1. The highest BCUT2D eigenvalue weighted by atomic mass is 16.3. The minimum Gasteiger partial charge on any atom is -0.396 e. The molecule has 0 unspecified atom stereocenters. The van der Waals surface area contributed by atoms with Crippen molar-refractivity contribution >= 4 is 11.9 Å². The normalized spacial score (nSPS) is 22.9. The molecule has 0 saturated carbocycles. The lowest BCUT2D eigenvalue weighted by atomic mass is 9.96. The number of aliphatic hydroxyl groups is 2. The number of aliphatic hydroxyl groups excluding tert-OH is 2. The lowest BCUT2D eigenvalue weighted by Crippen LogP contribution is -2.34. The van der Waals surface area contributed by atoms with E-state index in [0.29, 0.717) is 36.8 Å². The third-order valence-corrected chi connectivity index (χ3v) is 5.96. The van der Waals surface area contributed by atoms with E-state index in [2.05, 4.69) is 14.9 Å². The van der Waals surface area contributed by atoms with Crippen molar-refractivity contribution < 1.29 is 15.0 Å². The Morgan fingerprint density at radius 1 is 1.21 bits per heavy atom. The van der Waals surface area contributed by atoms with Gasteiger partial charge in [0.25, 0.3) is 5.91 Å². The van der Waals surface area contributed by atoms with Gasteiger partial charge in [0, 0.05) is 58.0 Å². The summed E-state index contributed by atoms with van der Waals surface area (Å²) in [6.07, 6.45) is 5.23. The largest absolute Gasteiger partial charge is 0.396 e. The van der Waals surface area contributed by atoms with Crippen molar-refractivity contribution in [2.75, 3.05) is 64.4 Å². The molecule has 0 radical (unpaired) electrons. The predicted molar refractivity (Wildman–Crippen MR) is 107 cm³/mol. The van der Waals surface area contributed by atoms with E-state index >= 15 is 0 Å². The summed E-state index contributed by atoms with van der Waals surface area (Å²) >= 11 is 0. The number of likely N-dealkylation sites (N-methyl/N-ethyl adjacent to an activating group) is 1. The number of piperidine rings is 1. The van der Waals surface area contributed by atoms with Gasteiger partial charge >= 0.3 is 0 Å². The first-order chi connectivity index (χ1) is 13.5. The highest BCUT2D eigenvalue weighted by Gasteiger charge is 2.36. The summed E-state index contributed by atoms with van der Waals surface area (Å²) in [5.74, 6) is 0.902. The Kier molecular flexibility index (Phi) is 7.20. The number of hydrogen-bond acceptors (Lipinski definition) is 7. The molecule has 0 bridgehead atoms. The molecule has 0 aliphatic carbocycles. The third kappa shape index (κ3) is 4.79. The molecule has 1 amide bonds. The lowest BCUT2D eigenvalue weighted by Gasteiger charge is -2.27. The summed E-state index contributed by atoms with van der Waals surface area (Å²) < 4.78 is 0. The molecule has 1 aromatic heterocycles. The van der Waals surface area contributed by atoms with Crippen molar-refractivity contribution in [3.8, 4) is 0 Å². The molecular formula is C20H33N5O3. The van der Waals surface area contributed by atoms with Crippen molar-refractivity contribution in [1.82, 2.24) is 19.8 Å². The highest BCUT2D eigenvalue weighted by molar-refractivity contribution is 5.95. The van der Waals surface area contributed by atoms with E-state index in [1.807, 2.05) is 23.8 Å². The SMILES string of the molecule is Cc1nc(N2CCCCC2)ncc1C(=O)N1C[C@@H](CN(C)CCO)[C@@H](CO)C1. The van der Waals surface area contributed by atoms with E-state index in [0.717, 1.165) is 32.5 Å². The molecule has 2 aliphatic rings. The topological polar surface area (TPSA) is 93.0 Å². The van der Waals surface area contributed by atoms with Crippen molar-refractivity contribution in [3.05, 3.63) is 17.5 Å². The van der Waals surface area contributed by atoms with Gasteiger partial charge in [-0.2, -0.15) is 0 Å². The zero-order valence-electron chi connectivity index (χ0n) is 17.0. The van der Waals surface area contributed by atoms with E-state index in [-0.39, 0.29) is 31.0 Å². The van der Waals surface area contributed by atoms with Gasteiger partial charge in [0.1, 0.15) is 0 Å². The maximum Gasteiger partial charge on any atom is 0.257 e. The van der Waals surface area contributed by atoms with Crippen LogP contribution in [-0.2, 0) is 0 Å². The molecule has 0 spiro atoms. The summed E-state index contributed by atoms with van der Waals surface area (Å²) in [6, 6.07) is 0. The zero-order valence-corrected chi connectivity index (χ0v) is 17.0. The number of anilines is 1. The second kappa shape index (κ2) is 9.62. The minimum absolute atomic E-state index is 0.0546. The first-order valence-electron chi connectivity index (χ1n) is 10.3. The number of rotatable bonds is 7. The molecule has 28 heavy (non-hydrogen) atoms. The third-order valence-electron chi connectivity index (χ3n) is 5.96. The summed E-state index contributed by atoms with van der Waals surface area (Å²) in [7, 11) is 1.95. The number of carbonyl (C=O) groups is 1. The fourth-order valence-electron chi connectivity index (χ4n) is 4.26. The molecule has 0 aromatic carbocycles. The van der Waals surface area contributed by atoms with Crippen LogP contribution in [0.1, 0.15) is 35.3 Å². The van der Waals surface area contributed by atoms with E-state index < -0.39 is 0 Å². The van der Waals surface area contributed by atoms with Gasteiger partial charge in [-0.1, -0.05) is 0 Å². The van der Waals surface area contributed by atoms with Gasteiger partial charge in [-0.25, -0.2) is 9.97 Å². The van der Waals surface area contributed by atoms with Crippen LogP contribution in [0.5, 0.6) is 0 Å². The van der Waals surface area contributed by atoms with E-state index in [9.17, 15) is 9.90 Å². The summed E-state index contributed by atoms with van der Waals surface area (Å²) in [5, 5.41) is 18.8. The Bertz CT molecular complexity index is 665. The molecule has 3 heterocycles. The molecule has 8 nitrogen and oxygen atoms in total. The van der Waals surface area contributed by atoms with Crippen LogP contribution in [0, 0.1) is 18.8 Å². The second-order valence-corrected chi connectivity index (χ2v) is 8.12. The molecular weight excluding hydrogens is 358 g/mol. The van der Waals surface area contributed by atoms with Crippen LogP contribution in [0.15, 0.2) is 6.20 Å². The Balaban J connectivity index is 1.67. The summed E-state index contributed by atoms with van der Waals surface area (Å²) in [4.78, 5) is 28.2. The van der Waals surface area contributed by atoms with Crippen LogP contribution in [0.3, 0.4) is 0 Å². The molecule has 2 aliphatic heterocycles. The van der Waals surface area contributed by atoms with Gasteiger partial charge in [0.2, 0.25) is 5.95 Å². The first-order valence-corrected chi connectivity index (χ1v) is 10.3. The van der Waals surface area contributed by atoms with Crippen LogP contribution < -0.4 is 4.90 Å². The van der Waals surface area contributed by atoms with Gasteiger partial charge in [0.05, 0.1) is 17.9 Å². The zero-order chi connectivity index (χ0) is 20.1. The molecule has 3 rings (SSSR count). The van der Waals surface area contributed by atoms with Gasteiger partial charge < -0.3 is 24.9 Å². The fourth-order valence-corrected chi connectivity index (χ4v) is 4.26. The van der Waals surface area contributed by atoms with E-state index in [1.165, 1.54) is 6.42 Å². The molecule has 2 fully saturated rings. The van der Waals surface area contributed by atoms with Gasteiger partial charge in [-0.3, -0.25) is 4.79 Å². The van der Waals surface area contributed by atoms with Gasteiger partial charge in [0.15, 0.2) is 0 Å². The maximum atomic E-state index is 13.1. The summed E-state index contributed by atoms with van der Waals surface area (Å²) in [6.45, 7) is 6.47. The van der Waals surface area contributed by atoms with Crippen LogP contribution in [-0.4, -0.2) is 95.4 Å². The van der Waals surface area contributed by atoms with Crippen LogP contribution in [0.2, 0.25) is 0 Å². The monoisotopic (exact) mass is 391 g/mol. The molecule has 2 atom stereocenters. The van der Waals surface area contributed by atoms with Crippen LogP contribution in [0.4, 0.5) is 5.95 Å².